The van der Waals surface area contributed by atoms with Crippen LogP contribution in [0.3, 0.4) is 0 Å². The largest absolute Gasteiger partial charge is 0.444 e. The monoisotopic (exact) mass is 372 g/mol. The average Bonchev–Trinajstić information content (AvgIpc) is 3.15. The first-order chi connectivity index (χ1) is 12.9. The van der Waals surface area contributed by atoms with E-state index in [1.54, 1.807) is 23.8 Å². The summed E-state index contributed by atoms with van der Waals surface area (Å²) >= 11 is 0. The summed E-state index contributed by atoms with van der Waals surface area (Å²) in [4.78, 5) is 29.4. The first-order valence-electron chi connectivity index (χ1n) is 9.42. The van der Waals surface area contributed by atoms with Crippen molar-refractivity contribution in [2.24, 2.45) is 0 Å². The van der Waals surface area contributed by atoms with Gasteiger partial charge in [-0.1, -0.05) is 13.3 Å². The molecule has 3 rings (SSSR count). The number of nitrogens with zero attached hydrogens (tertiary/aromatic N) is 6. The van der Waals surface area contributed by atoms with E-state index in [-0.39, 0.29) is 12.1 Å². The Labute approximate surface area is 160 Å². The molecule has 0 radical (unpaired) electrons. The predicted octanol–water partition coefficient (Wildman–Crippen LogP) is 2.89. The molecule has 27 heavy (non-hydrogen) atoms. The van der Waals surface area contributed by atoms with Gasteiger partial charge in [0.1, 0.15) is 29.9 Å². The molecule has 0 aromatic carbocycles. The Morgan fingerprint density at radius 1 is 1.26 bits per heavy atom. The van der Waals surface area contributed by atoms with Crippen LogP contribution in [0, 0.1) is 0 Å². The van der Waals surface area contributed by atoms with Gasteiger partial charge in [-0.25, -0.2) is 19.7 Å². The highest BCUT2D eigenvalue weighted by molar-refractivity contribution is 5.68. The number of amides is 1. The molecule has 1 saturated heterocycles. The summed E-state index contributed by atoms with van der Waals surface area (Å²) in [7, 11) is 0. The number of piperazine rings is 1. The summed E-state index contributed by atoms with van der Waals surface area (Å²) in [5.41, 5.74) is -0.485. The molecule has 1 aliphatic heterocycles. The van der Waals surface area contributed by atoms with Crippen molar-refractivity contribution in [2.45, 2.75) is 52.2 Å². The van der Waals surface area contributed by atoms with E-state index in [2.05, 4.69) is 26.8 Å². The van der Waals surface area contributed by atoms with E-state index in [0.29, 0.717) is 19.6 Å². The van der Waals surface area contributed by atoms with Crippen LogP contribution in [0.4, 0.5) is 10.6 Å². The SMILES string of the molecule is CCC[C@@H]1CN(C(=O)OC(C)(C)C)CCN1c1cc(-n2ccnc2)ncn1. The van der Waals surface area contributed by atoms with Crippen molar-refractivity contribution in [1.82, 2.24) is 24.4 Å². The Morgan fingerprint density at radius 3 is 2.70 bits per heavy atom. The van der Waals surface area contributed by atoms with Crippen LogP contribution >= 0.6 is 0 Å². The highest BCUT2D eigenvalue weighted by Gasteiger charge is 2.32. The molecule has 0 spiro atoms. The molecule has 1 atom stereocenters. The van der Waals surface area contributed by atoms with Crippen molar-refractivity contribution >= 4 is 11.9 Å². The first kappa shape index (κ1) is 19.1. The molecule has 2 aromatic heterocycles. The van der Waals surface area contributed by atoms with Gasteiger partial charge < -0.3 is 14.5 Å². The lowest BCUT2D eigenvalue weighted by Crippen LogP contribution is -2.56. The van der Waals surface area contributed by atoms with Crippen LogP contribution in [0.25, 0.3) is 5.82 Å². The second-order valence-electron chi connectivity index (χ2n) is 7.77. The van der Waals surface area contributed by atoms with Crippen molar-refractivity contribution in [3.8, 4) is 5.82 Å². The lowest BCUT2D eigenvalue weighted by molar-refractivity contribution is 0.0211. The van der Waals surface area contributed by atoms with Gasteiger partial charge in [-0.3, -0.25) is 4.57 Å². The van der Waals surface area contributed by atoms with E-state index in [4.69, 9.17) is 4.74 Å². The van der Waals surface area contributed by atoms with Gasteiger partial charge in [-0.05, 0) is 27.2 Å². The van der Waals surface area contributed by atoms with Gasteiger partial charge in [-0.2, -0.15) is 0 Å². The van der Waals surface area contributed by atoms with Gasteiger partial charge >= 0.3 is 6.09 Å². The minimum atomic E-state index is -0.485. The van der Waals surface area contributed by atoms with E-state index >= 15 is 0 Å². The van der Waals surface area contributed by atoms with Crippen LogP contribution < -0.4 is 4.90 Å². The molecule has 2 aromatic rings. The molecule has 8 heteroatoms. The highest BCUT2D eigenvalue weighted by Crippen LogP contribution is 2.23. The molecular weight excluding hydrogens is 344 g/mol. The fourth-order valence-corrected chi connectivity index (χ4v) is 3.26. The van der Waals surface area contributed by atoms with Crippen molar-refractivity contribution < 1.29 is 9.53 Å². The molecule has 1 amide bonds. The molecule has 0 N–H and O–H groups in total. The molecular formula is C19H28N6O2. The minimum absolute atomic E-state index is 0.196. The van der Waals surface area contributed by atoms with E-state index in [9.17, 15) is 4.79 Å². The number of ether oxygens (including phenoxy) is 1. The Morgan fingerprint density at radius 2 is 2.04 bits per heavy atom. The maximum Gasteiger partial charge on any atom is 0.410 e. The molecule has 0 saturated carbocycles. The second kappa shape index (κ2) is 7.94. The molecule has 0 aliphatic carbocycles. The van der Waals surface area contributed by atoms with Gasteiger partial charge in [0.05, 0.1) is 0 Å². The summed E-state index contributed by atoms with van der Waals surface area (Å²) in [6.45, 7) is 9.79. The molecule has 0 bridgehead atoms. The zero-order chi connectivity index (χ0) is 19.4. The smallest absolute Gasteiger partial charge is 0.410 e. The van der Waals surface area contributed by atoms with Gasteiger partial charge in [0.25, 0.3) is 0 Å². The fourth-order valence-electron chi connectivity index (χ4n) is 3.26. The summed E-state index contributed by atoms with van der Waals surface area (Å²) in [6, 6.07) is 2.16. The zero-order valence-corrected chi connectivity index (χ0v) is 16.5. The fraction of sp³-hybridized carbons (Fsp3) is 0.579. The van der Waals surface area contributed by atoms with Gasteiger partial charge in [0.15, 0.2) is 0 Å². The third kappa shape index (κ3) is 4.75. The average molecular weight is 372 g/mol. The maximum atomic E-state index is 12.5. The van der Waals surface area contributed by atoms with E-state index < -0.39 is 5.60 Å². The van der Waals surface area contributed by atoms with Crippen molar-refractivity contribution in [3.63, 3.8) is 0 Å². The number of rotatable bonds is 4. The highest BCUT2D eigenvalue weighted by atomic mass is 16.6. The predicted molar refractivity (Wildman–Crippen MR) is 103 cm³/mol. The van der Waals surface area contributed by atoms with Crippen LogP contribution in [0.2, 0.25) is 0 Å². The summed E-state index contributed by atoms with van der Waals surface area (Å²) in [6.07, 6.45) is 8.64. The van der Waals surface area contributed by atoms with Crippen molar-refractivity contribution in [3.05, 3.63) is 31.1 Å². The topological polar surface area (TPSA) is 76.4 Å². The quantitative estimate of drug-likeness (QED) is 0.821. The summed E-state index contributed by atoms with van der Waals surface area (Å²) < 4.78 is 7.40. The normalized spacial score (nSPS) is 17.9. The second-order valence-corrected chi connectivity index (χ2v) is 7.77. The van der Waals surface area contributed by atoms with Gasteiger partial charge in [0, 0.05) is 44.1 Å². The first-order valence-corrected chi connectivity index (χ1v) is 9.42. The van der Waals surface area contributed by atoms with E-state index in [1.807, 2.05) is 37.6 Å². The molecule has 146 valence electrons. The van der Waals surface area contributed by atoms with Crippen LogP contribution in [-0.4, -0.2) is 61.8 Å². The standard InChI is InChI=1S/C19H28N6O2/c1-5-6-15-12-23(18(26)27-19(2,3)4)9-10-25(15)17-11-16(21-13-22-17)24-8-7-20-14-24/h7-8,11,13-15H,5-6,9-10,12H2,1-4H3/t15-/m1/s1. The lowest BCUT2D eigenvalue weighted by atomic mass is 10.1. The van der Waals surface area contributed by atoms with Crippen LogP contribution in [0.15, 0.2) is 31.1 Å². The Balaban J connectivity index is 1.76. The minimum Gasteiger partial charge on any atom is -0.444 e. The number of anilines is 1. The van der Waals surface area contributed by atoms with Crippen molar-refractivity contribution in [1.29, 1.82) is 0 Å². The molecule has 0 unspecified atom stereocenters. The third-order valence-electron chi connectivity index (χ3n) is 4.46. The number of imidazole rings is 1. The van der Waals surface area contributed by atoms with Crippen LogP contribution in [-0.2, 0) is 4.74 Å². The lowest BCUT2D eigenvalue weighted by Gasteiger charge is -2.42. The van der Waals surface area contributed by atoms with Crippen LogP contribution in [0.5, 0.6) is 0 Å². The number of hydrogen-bond donors (Lipinski definition) is 0. The van der Waals surface area contributed by atoms with Crippen molar-refractivity contribution in [2.75, 3.05) is 24.5 Å². The Bertz CT molecular complexity index is 756. The maximum absolute atomic E-state index is 12.5. The summed E-state index contributed by atoms with van der Waals surface area (Å²) in [5.74, 6) is 1.65. The number of hydrogen-bond acceptors (Lipinski definition) is 6. The number of aromatic nitrogens is 4. The number of carbonyl (C=O) groups is 1. The van der Waals surface area contributed by atoms with E-state index in [1.165, 1.54) is 0 Å². The van der Waals surface area contributed by atoms with Gasteiger partial charge in [-0.15, -0.1) is 0 Å². The molecule has 8 nitrogen and oxygen atoms in total. The van der Waals surface area contributed by atoms with E-state index in [0.717, 1.165) is 24.5 Å². The Hall–Kier alpha value is -2.64. The zero-order valence-electron chi connectivity index (χ0n) is 16.5. The third-order valence-corrected chi connectivity index (χ3v) is 4.46. The number of carbonyl (C=O) groups excluding carboxylic acids is 1. The Kier molecular flexibility index (Phi) is 5.62. The molecule has 1 fully saturated rings. The molecule has 1 aliphatic rings. The van der Waals surface area contributed by atoms with Gasteiger partial charge in [0.2, 0.25) is 0 Å². The van der Waals surface area contributed by atoms with Crippen LogP contribution in [0.1, 0.15) is 40.5 Å². The molecule has 3 heterocycles. The summed E-state index contributed by atoms with van der Waals surface area (Å²) in [5, 5.41) is 0.